The fourth-order valence-corrected chi connectivity index (χ4v) is 3.47. The summed E-state index contributed by atoms with van der Waals surface area (Å²) in [5, 5.41) is 10.0. The van der Waals surface area contributed by atoms with Crippen LogP contribution in [0.2, 0.25) is 0 Å². The molecule has 0 bridgehead atoms. The van der Waals surface area contributed by atoms with E-state index >= 15 is 0 Å². The zero-order chi connectivity index (χ0) is 17.6. The van der Waals surface area contributed by atoms with Gasteiger partial charge in [-0.05, 0) is 29.0 Å². The number of carboxylic acids is 1. The Labute approximate surface area is 151 Å². The van der Waals surface area contributed by atoms with Crippen molar-refractivity contribution < 1.29 is 9.90 Å². The first-order valence-electron chi connectivity index (χ1n) is 7.94. The van der Waals surface area contributed by atoms with Gasteiger partial charge in [-0.1, -0.05) is 78.9 Å². The highest BCUT2D eigenvalue weighted by molar-refractivity contribution is 7.98. The summed E-state index contributed by atoms with van der Waals surface area (Å²) in [6, 6.07) is 26.9. The third-order valence-electron chi connectivity index (χ3n) is 3.97. The van der Waals surface area contributed by atoms with E-state index in [1.54, 1.807) is 11.8 Å². The van der Waals surface area contributed by atoms with E-state index in [0.29, 0.717) is 11.1 Å². The van der Waals surface area contributed by atoms with Crippen LogP contribution in [0.3, 0.4) is 0 Å². The van der Waals surface area contributed by atoms with Crippen LogP contribution in [0.25, 0.3) is 11.1 Å². The smallest absolute Gasteiger partial charge is 0.336 e. The van der Waals surface area contributed by atoms with Crippen molar-refractivity contribution in [1.82, 2.24) is 0 Å². The molecule has 3 rings (SSSR count). The van der Waals surface area contributed by atoms with Crippen LogP contribution in [0, 0.1) is 0 Å². The van der Waals surface area contributed by atoms with Crippen LogP contribution in [0.4, 0.5) is 0 Å². The van der Waals surface area contributed by atoms with Gasteiger partial charge in [0.05, 0.1) is 5.57 Å². The number of benzene rings is 3. The van der Waals surface area contributed by atoms with Gasteiger partial charge in [-0.3, -0.25) is 0 Å². The summed E-state index contributed by atoms with van der Waals surface area (Å²) >= 11 is 1.62. The van der Waals surface area contributed by atoms with Crippen LogP contribution >= 0.6 is 11.8 Å². The molecule has 0 aliphatic heterocycles. The number of rotatable bonds is 5. The summed E-state index contributed by atoms with van der Waals surface area (Å²) in [5.74, 6) is -0.930. The van der Waals surface area contributed by atoms with Crippen molar-refractivity contribution >= 4 is 28.9 Å². The molecule has 0 aromatic heterocycles. The standard InChI is InChI=1S/C22H18O2S/c1-25-19-15-9-8-14-18(19)20(16-10-4-2-5-11-16)21(22(23)24)17-12-6-3-7-13-17/h2-15H,1H3,(H,23,24). The molecule has 0 spiro atoms. The average molecular weight is 346 g/mol. The SMILES string of the molecule is CSc1ccccc1C(=C(C(=O)O)c1ccccc1)c1ccccc1. The van der Waals surface area contributed by atoms with E-state index in [2.05, 4.69) is 0 Å². The van der Waals surface area contributed by atoms with Gasteiger partial charge in [0, 0.05) is 10.5 Å². The Morgan fingerprint density at radius 3 is 1.84 bits per heavy atom. The van der Waals surface area contributed by atoms with E-state index in [-0.39, 0.29) is 0 Å². The lowest BCUT2D eigenvalue weighted by atomic mass is 9.89. The highest BCUT2D eigenvalue weighted by Gasteiger charge is 2.21. The molecule has 25 heavy (non-hydrogen) atoms. The summed E-state index contributed by atoms with van der Waals surface area (Å²) in [4.78, 5) is 13.3. The first-order valence-corrected chi connectivity index (χ1v) is 9.16. The molecule has 0 amide bonds. The summed E-state index contributed by atoms with van der Waals surface area (Å²) in [5.41, 5.74) is 3.58. The highest BCUT2D eigenvalue weighted by Crippen LogP contribution is 2.36. The minimum atomic E-state index is -0.930. The predicted octanol–water partition coefficient (Wildman–Crippen LogP) is 5.45. The summed E-state index contributed by atoms with van der Waals surface area (Å²) in [6.45, 7) is 0. The van der Waals surface area contributed by atoms with Crippen LogP contribution in [-0.4, -0.2) is 17.3 Å². The molecule has 0 atom stereocenters. The maximum absolute atomic E-state index is 12.2. The molecule has 3 aromatic carbocycles. The summed E-state index contributed by atoms with van der Waals surface area (Å²) in [7, 11) is 0. The molecular formula is C22H18O2S. The normalized spacial score (nSPS) is 11.7. The molecule has 3 heteroatoms. The average Bonchev–Trinajstić information content (AvgIpc) is 2.67. The van der Waals surface area contributed by atoms with E-state index in [1.165, 1.54) is 0 Å². The lowest BCUT2D eigenvalue weighted by molar-refractivity contribution is -0.130. The van der Waals surface area contributed by atoms with E-state index < -0.39 is 5.97 Å². The van der Waals surface area contributed by atoms with Gasteiger partial charge in [-0.25, -0.2) is 4.79 Å². The maximum atomic E-state index is 12.2. The third-order valence-corrected chi connectivity index (χ3v) is 4.76. The number of thioether (sulfide) groups is 1. The molecule has 0 saturated carbocycles. The van der Waals surface area contributed by atoms with E-state index in [9.17, 15) is 9.90 Å². The number of hydrogen-bond donors (Lipinski definition) is 1. The summed E-state index contributed by atoms with van der Waals surface area (Å²) < 4.78 is 0. The lowest BCUT2D eigenvalue weighted by Gasteiger charge is -2.16. The second-order valence-electron chi connectivity index (χ2n) is 5.49. The first-order chi connectivity index (χ1) is 12.2. The molecule has 2 nitrogen and oxygen atoms in total. The minimum absolute atomic E-state index is 0.313. The van der Waals surface area contributed by atoms with Gasteiger partial charge in [0.25, 0.3) is 0 Å². The molecular weight excluding hydrogens is 328 g/mol. The molecule has 3 aromatic rings. The monoisotopic (exact) mass is 346 g/mol. The van der Waals surface area contributed by atoms with Crippen molar-refractivity contribution in [3.05, 3.63) is 102 Å². The first kappa shape index (κ1) is 17.1. The Hall–Kier alpha value is -2.78. The quantitative estimate of drug-likeness (QED) is 0.379. The van der Waals surface area contributed by atoms with Crippen molar-refractivity contribution in [2.45, 2.75) is 4.90 Å². The van der Waals surface area contributed by atoms with Crippen molar-refractivity contribution in [3.63, 3.8) is 0 Å². The van der Waals surface area contributed by atoms with E-state index in [0.717, 1.165) is 21.6 Å². The maximum Gasteiger partial charge on any atom is 0.336 e. The van der Waals surface area contributed by atoms with E-state index in [1.807, 2.05) is 91.2 Å². The van der Waals surface area contributed by atoms with Crippen LogP contribution in [0.15, 0.2) is 89.8 Å². The van der Waals surface area contributed by atoms with Crippen molar-refractivity contribution in [1.29, 1.82) is 0 Å². The number of carboxylic acid groups (broad SMARTS) is 1. The zero-order valence-corrected chi connectivity index (χ0v) is 14.7. The fraction of sp³-hybridized carbons (Fsp3) is 0.0455. The number of hydrogen-bond acceptors (Lipinski definition) is 2. The topological polar surface area (TPSA) is 37.3 Å². The number of aliphatic carboxylic acids is 1. The second kappa shape index (κ2) is 7.86. The molecule has 0 aliphatic carbocycles. The highest BCUT2D eigenvalue weighted by atomic mass is 32.2. The number of carbonyl (C=O) groups is 1. The Kier molecular flexibility index (Phi) is 5.36. The molecule has 0 unspecified atom stereocenters. The Morgan fingerprint density at radius 2 is 1.28 bits per heavy atom. The van der Waals surface area contributed by atoms with Crippen LogP contribution in [-0.2, 0) is 4.79 Å². The minimum Gasteiger partial charge on any atom is -0.478 e. The fourth-order valence-electron chi connectivity index (χ4n) is 2.87. The Bertz CT molecular complexity index is 900. The molecule has 1 N–H and O–H groups in total. The van der Waals surface area contributed by atoms with Crippen LogP contribution in [0.5, 0.6) is 0 Å². The van der Waals surface area contributed by atoms with Gasteiger partial charge < -0.3 is 5.11 Å². The Balaban J connectivity index is 2.39. The van der Waals surface area contributed by atoms with Gasteiger partial charge in [-0.2, -0.15) is 0 Å². The molecule has 0 saturated heterocycles. The van der Waals surface area contributed by atoms with E-state index in [4.69, 9.17) is 0 Å². The van der Waals surface area contributed by atoms with Gasteiger partial charge in [0.15, 0.2) is 0 Å². The largest absolute Gasteiger partial charge is 0.478 e. The van der Waals surface area contributed by atoms with Gasteiger partial charge in [0.1, 0.15) is 0 Å². The van der Waals surface area contributed by atoms with Crippen molar-refractivity contribution in [2.24, 2.45) is 0 Å². The lowest BCUT2D eigenvalue weighted by Crippen LogP contribution is -2.05. The zero-order valence-electron chi connectivity index (χ0n) is 13.8. The summed E-state index contributed by atoms with van der Waals surface area (Å²) in [6.07, 6.45) is 2.00. The van der Waals surface area contributed by atoms with Crippen LogP contribution in [0.1, 0.15) is 16.7 Å². The van der Waals surface area contributed by atoms with Crippen molar-refractivity contribution in [2.75, 3.05) is 6.26 Å². The second-order valence-corrected chi connectivity index (χ2v) is 6.34. The molecule has 0 radical (unpaired) electrons. The Morgan fingerprint density at radius 1 is 0.760 bits per heavy atom. The van der Waals surface area contributed by atoms with Gasteiger partial charge in [-0.15, -0.1) is 11.8 Å². The molecule has 0 heterocycles. The van der Waals surface area contributed by atoms with Gasteiger partial charge >= 0.3 is 5.97 Å². The van der Waals surface area contributed by atoms with Crippen LogP contribution < -0.4 is 0 Å². The molecule has 0 aliphatic rings. The third kappa shape index (κ3) is 3.67. The van der Waals surface area contributed by atoms with Crippen molar-refractivity contribution in [3.8, 4) is 0 Å². The molecule has 124 valence electrons. The molecule has 0 fully saturated rings. The predicted molar refractivity (Wildman–Crippen MR) is 105 cm³/mol. The van der Waals surface area contributed by atoms with Gasteiger partial charge in [0.2, 0.25) is 0 Å².